The van der Waals surface area contributed by atoms with Crippen molar-refractivity contribution in [1.82, 2.24) is 9.97 Å². The van der Waals surface area contributed by atoms with Gasteiger partial charge in [-0.3, -0.25) is 0 Å². The maximum absolute atomic E-state index is 6.12. The zero-order chi connectivity index (χ0) is 13.2. The van der Waals surface area contributed by atoms with Gasteiger partial charge in [0.1, 0.15) is 16.8 Å². The maximum atomic E-state index is 6.12. The van der Waals surface area contributed by atoms with Crippen LogP contribution in [0.2, 0.25) is 5.15 Å². The number of halogens is 1. The van der Waals surface area contributed by atoms with Crippen molar-refractivity contribution in [3.05, 3.63) is 17.0 Å². The van der Waals surface area contributed by atoms with Crippen molar-refractivity contribution in [2.75, 3.05) is 5.32 Å². The molecule has 0 aliphatic heterocycles. The summed E-state index contributed by atoms with van der Waals surface area (Å²) in [7, 11) is 0. The molecule has 0 aromatic carbocycles. The molecule has 0 saturated heterocycles. The van der Waals surface area contributed by atoms with E-state index in [1.807, 2.05) is 6.07 Å². The topological polar surface area (TPSA) is 37.8 Å². The quantitative estimate of drug-likeness (QED) is 0.659. The molecule has 2 aliphatic carbocycles. The first-order valence-electron chi connectivity index (χ1n) is 7.53. The smallest absolute Gasteiger partial charge is 0.135 e. The van der Waals surface area contributed by atoms with Crippen molar-refractivity contribution in [3.63, 3.8) is 0 Å². The minimum Gasteiger partial charge on any atom is -0.367 e. The summed E-state index contributed by atoms with van der Waals surface area (Å²) in [4.78, 5) is 8.99. The van der Waals surface area contributed by atoms with E-state index in [-0.39, 0.29) is 0 Å². The van der Waals surface area contributed by atoms with Crippen LogP contribution < -0.4 is 5.32 Å². The van der Waals surface area contributed by atoms with Gasteiger partial charge in [0.05, 0.1) is 0 Å². The summed E-state index contributed by atoms with van der Waals surface area (Å²) in [5.41, 5.74) is 0. The number of nitrogens with one attached hydrogen (secondary N) is 1. The van der Waals surface area contributed by atoms with Crippen molar-refractivity contribution < 1.29 is 0 Å². The van der Waals surface area contributed by atoms with Gasteiger partial charge in [0, 0.05) is 18.0 Å². The molecule has 1 heterocycles. The van der Waals surface area contributed by atoms with Gasteiger partial charge in [0.25, 0.3) is 0 Å². The number of anilines is 1. The van der Waals surface area contributed by atoms with Crippen LogP contribution in [-0.4, -0.2) is 16.0 Å². The average Bonchev–Trinajstić information content (AvgIpc) is 3.19. The zero-order valence-corrected chi connectivity index (χ0v) is 12.3. The molecule has 1 aromatic rings. The molecule has 2 fully saturated rings. The molecule has 1 aromatic heterocycles. The molecule has 2 saturated carbocycles. The van der Waals surface area contributed by atoms with E-state index in [4.69, 9.17) is 11.6 Å². The van der Waals surface area contributed by atoms with E-state index in [0.717, 1.165) is 11.6 Å². The summed E-state index contributed by atoms with van der Waals surface area (Å²) in [5.74, 6) is 3.10. The predicted molar refractivity (Wildman–Crippen MR) is 78.7 cm³/mol. The van der Waals surface area contributed by atoms with E-state index in [2.05, 4.69) is 22.2 Å². The van der Waals surface area contributed by atoms with Gasteiger partial charge in [0.2, 0.25) is 0 Å². The number of hydrogen-bond donors (Lipinski definition) is 1. The second-order valence-electron chi connectivity index (χ2n) is 6.07. The third-order valence-corrected chi connectivity index (χ3v) is 4.54. The van der Waals surface area contributed by atoms with Gasteiger partial charge in [-0.15, -0.1) is 0 Å². The van der Waals surface area contributed by atoms with Gasteiger partial charge in [0.15, 0.2) is 0 Å². The Labute approximate surface area is 120 Å². The van der Waals surface area contributed by atoms with Crippen LogP contribution in [0.4, 0.5) is 5.82 Å². The Morgan fingerprint density at radius 1 is 1.11 bits per heavy atom. The predicted octanol–water partition coefficient (Wildman–Crippen LogP) is 4.39. The summed E-state index contributed by atoms with van der Waals surface area (Å²) < 4.78 is 0. The van der Waals surface area contributed by atoms with Crippen LogP contribution in [0.1, 0.15) is 63.6 Å². The second kappa shape index (κ2) is 5.66. The standard InChI is InChI=1S/C15H22ClN3/c1-10-5-3-2-4-6-12(10)17-14-9-13(16)18-15(19-14)11-7-8-11/h9-12H,2-8H2,1H3,(H,17,18,19). The Hall–Kier alpha value is -0.830. The average molecular weight is 280 g/mol. The van der Waals surface area contributed by atoms with Crippen LogP contribution >= 0.6 is 11.6 Å². The Morgan fingerprint density at radius 3 is 2.68 bits per heavy atom. The fourth-order valence-corrected chi connectivity index (χ4v) is 3.12. The molecule has 0 spiro atoms. The number of aromatic nitrogens is 2. The summed E-state index contributed by atoms with van der Waals surface area (Å²) in [6.07, 6.45) is 9.00. The summed E-state index contributed by atoms with van der Waals surface area (Å²) >= 11 is 6.12. The first kappa shape index (κ1) is 13.2. The van der Waals surface area contributed by atoms with Crippen molar-refractivity contribution in [1.29, 1.82) is 0 Å². The molecule has 0 radical (unpaired) electrons. The first-order valence-corrected chi connectivity index (χ1v) is 7.91. The lowest BCUT2D eigenvalue weighted by Gasteiger charge is -2.23. The van der Waals surface area contributed by atoms with Crippen LogP contribution in [0.25, 0.3) is 0 Å². The monoisotopic (exact) mass is 279 g/mol. The fraction of sp³-hybridized carbons (Fsp3) is 0.733. The molecule has 3 nitrogen and oxygen atoms in total. The van der Waals surface area contributed by atoms with E-state index in [1.54, 1.807) is 0 Å². The molecule has 1 N–H and O–H groups in total. The number of hydrogen-bond acceptors (Lipinski definition) is 3. The lowest BCUT2D eigenvalue weighted by Crippen LogP contribution is -2.26. The van der Waals surface area contributed by atoms with Crippen molar-refractivity contribution in [2.24, 2.45) is 5.92 Å². The normalized spacial score (nSPS) is 27.9. The molecule has 2 aliphatic rings. The Morgan fingerprint density at radius 2 is 1.89 bits per heavy atom. The van der Waals surface area contributed by atoms with Crippen LogP contribution in [-0.2, 0) is 0 Å². The van der Waals surface area contributed by atoms with Crippen molar-refractivity contribution in [3.8, 4) is 0 Å². The number of rotatable bonds is 3. The maximum Gasteiger partial charge on any atom is 0.135 e. The van der Waals surface area contributed by atoms with E-state index >= 15 is 0 Å². The highest BCUT2D eigenvalue weighted by atomic mass is 35.5. The first-order chi connectivity index (χ1) is 9.22. The molecule has 2 unspecified atom stereocenters. The summed E-state index contributed by atoms with van der Waals surface area (Å²) in [6, 6.07) is 2.39. The second-order valence-corrected chi connectivity index (χ2v) is 6.46. The van der Waals surface area contributed by atoms with E-state index in [9.17, 15) is 0 Å². The molecule has 104 valence electrons. The van der Waals surface area contributed by atoms with Crippen molar-refractivity contribution in [2.45, 2.75) is 63.8 Å². The highest BCUT2D eigenvalue weighted by molar-refractivity contribution is 6.29. The van der Waals surface area contributed by atoms with Gasteiger partial charge in [-0.2, -0.15) is 0 Å². The Bertz CT molecular complexity index is 445. The molecule has 19 heavy (non-hydrogen) atoms. The summed E-state index contributed by atoms with van der Waals surface area (Å²) in [6.45, 7) is 2.34. The zero-order valence-electron chi connectivity index (χ0n) is 11.5. The molecular formula is C15H22ClN3. The SMILES string of the molecule is CC1CCCCCC1Nc1cc(Cl)nc(C2CC2)n1. The Balaban J connectivity index is 1.74. The molecule has 3 rings (SSSR count). The summed E-state index contributed by atoms with van der Waals surface area (Å²) in [5, 5.41) is 4.17. The molecule has 0 amide bonds. The highest BCUT2D eigenvalue weighted by Gasteiger charge is 2.28. The van der Waals surface area contributed by atoms with Crippen LogP contribution in [0.5, 0.6) is 0 Å². The van der Waals surface area contributed by atoms with Gasteiger partial charge >= 0.3 is 0 Å². The molecular weight excluding hydrogens is 258 g/mol. The number of nitrogens with zero attached hydrogens (tertiary/aromatic N) is 2. The van der Waals surface area contributed by atoms with Crippen LogP contribution in [0.3, 0.4) is 0 Å². The van der Waals surface area contributed by atoms with Gasteiger partial charge < -0.3 is 5.32 Å². The molecule has 4 heteroatoms. The van der Waals surface area contributed by atoms with Crippen molar-refractivity contribution >= 4 is 17.4 Å². The van der Waals surface area contributed by atoms with Gasteiger partial charge in [-0.05, 0) is 31.6 Å². The third kappa shape index (κ3) is 3.38. The van der Waals surface area contributed by atoms with Gasteiger partial charge in [-0.1, -0.05) is 37.8 Å². The van der Waals surface area contributed by atoms with E-state index in [0.29, 0.717) is 23.0 Å². The lowest BCUT2D eigenvalue weighted by molar-refractivity contribution is 0.455. The molecule has 2 atom stereocenters. The largest absolute Gasteiger partial charge is 0.367 e. The minimum atomic E-state index is 0.528. The minimum absolute atomic E-state index is 0.528. The van der Waals surface area contributed by atoms with E-state index in [1.165, 1.54) is 44.9 Å². The van der Waals surface area contributed by atoms with Crippen LogP contribution in [0.15, 0.2) is 6.07 Å². The fourth-order valence-electron chi connectivity index (χ4n) is 2.93. The lowest BCUT2D eigenvalue weighted by atomic mass is 9.97. The van der Waals surface area contributed by atoms with Crippen LogP contribution in [0, 0.1) is 5.92 Å². The highest BCUT2D eigenvalue weighted by Crippen LogP contribution is 2.39. The van der Waals surface area contributed by atoms with E-state index < -0.39 is 0 Å². The third-order valence-electron chi connectivity index (χ3n) is 4.35. The Kier molecular flexibility index (Phi) is 3.92. The molecule has 0 bridgehead atoms. The van der Waals surface area contributed by atoms with Gasteiger partial charge in [-0.25, -0.2) is 9.97 Å².